The summed E-state index contributed by atoms with van der Waals surface area (Å²) in [5.41, 5.74) is 0.980. The topological polar surface area (TPSA) is 81.7 Å². The summed E-state index contributed by atoms with van der Waals surface area (Å²) in [5, 5.41) is 2.94. The van der Waals surface area contributed by atoms with Crippen LogP contribution in [0.4, 0.5) is 5.00 Å². The number of methoxy groups -OCH3 is 1. The van der Waals surface area contributed by atoms with Crippen molar-refractivity contribution in [1.29, 1.82) is 0 Å². The molecule has 0 bridgehead atoms. The first-order valence-corrected chi connectivity index (χ1v) is 8.96. The normalized spacial score (nSPS) is 10.2. The minimum Gasteiger partial charge on any atom is -0.465 e. The van der Waals surface area contributed by atoms with E-state index in [9.17, 15) is 14.4 Å². The van der Waals surface area contributed by atoms with Crippen LogP contribution in [0, 0.1) is 6.92 Å². The first-order chi connectivity index (χ1) is 11.9. The fourth-order valence-corrected chi connectivity index (χ4v) is 3.73. The Labute approximate surface area is 157 Å². The molecule has 0 radical (unpaired) electrons. The summed E-state index contributed by atoms with van der Waals surface area (Å²) >= 11 is 4.29. The fourth-order valence-electron chi connectivity index (χ4n) is 2.15. The van der Waals surface area contributed by atoms with Crippen LogP contribution in [0.1, 0.15) is 42.9 Å². The van der Waals surface area contributed by atoms with Crippen LogP contribution in [0.5, 0.6) is 0 Å². The standard InChI is InChI=1S/C17H16BrNO5S/c1-4-24-16(21)12-9(2)13(17(22)23-3)25-15(12)19-14(20)10-7-5-6-8-11(10)18/h5-8H,4H2,1-3H3,(H,19,20). The SMILES string of the molecule is CCOC(=O)c1c(NC(=O)c2ccccc2Br)sc(C(=O)OC)c1C. The number of hydrogen-bond acceptors (Lipinski definition) is 6. The molecule has 8 heteroatoms. The molecule has 0 spiro atoms. The Balaban J connectivity index is 2.45. The lowest BCUT2D eigenvalue weighted by molar-refractivity contribution is 0.0527. The Bertz CT molecular complexity index is 830. The average Bonchev–Trinajstić information content (AvgIpc) is 2.90. The maximum Gasteiger partial charge on any atom is 0.348 e. The number of amides is 1. The molecule has 1 N–H and O–H groups in total. The Morgan fingerprint density at radius 1 is 1.20 bits per heavy atom. The van der Waals surface area contributed by atoms with E-state index in [0.717, 1.165) is 11.3 Å². The molecule has 0 saturated heterocycles. The Kier molecular flexibility index (Phi) is 6.33. The van der Waals surface area contributed by atoms with Gasteiger partial charge in [-0.2, -0.15) is 0 Å². The van der Waals surface area contributed by atoms with Crippen LogP contribution in [0.15, 0.2) is 28.7 Å². The molecular weight excluding hydrogens is 410 g/mol. The molecule has 0 unspecified atom stereocenters. The average molecular weight is 426 g/mol. The van der Waals surface area contributed by atoms with E-state index in [1.807, 2.05) is 0 Å². The zero-order valence-corrected chi connectivity index (χ0v) is 16.2. The third-order valence-corrected chi connectivity index (χ3v) is 5.22. The molecule has 1 heterocycles. The molecule has 25 heavy (non-hydrogen) atoms. The van der Waals surface area contributed by atoms with Crippen LogP contribution in [0.2, 0.25) is 0 Å². The first kappa shape index (κ1) is 19.1. The molecule has 2 rings (SSSR count). The van der Waals surface area contributed by atoms with Gasteiger partial charge >= 0.3 is 11.9 Å². The largest absolute Gasteiger partial charge is 0.465 e. The molecule has 1 aromatic heterocycles. The second-order valence-corrected chi connectivity index (χ2v) is 6.78. The Hall–Kier alpha value is -2.19. The van der Waals surface area contributed by atoms with Gasteiger partial charge in [0.15, 0.2) is 0 Å². The van der Waals surface area contributed by atoms with Crippen molar-refractivity contribution in [2.45, 2.75) is 13.8 Å². The molecule has 1 aromatic carbocycles. The number of carbonyl (C=O) groups excluding carboxylic acids is 3. The zero-order chi connectivity index (χ0) is 18.6. The van der Waals surface area contributed by atoms with E-state index in [0.29, 0.717) is 15.6 Å². The van der Waals surface area contributed by atoms with E-state index in [4.69, 9.17) is 9.47 Å². The van der Waals surface area contributed by atoms with E-state index >= 15 is 0 Å². The monoisotopic (exact) mass is 425 g/mol. The number of benzene rings is 1. The molecule has 6 nitrogen and oxygen atoms in total. The van der Waals surface area contributed by atoms with Gasteiger partial charge in [0.2, 0.25) is 0 Å². The van der Waals surface area contributed by atoms with Gasteiger partial charge in [-0.05, 0) is 47.5 Å². The van der Waals surface area contributed by atoms with Gasteiger partial charge in [-0.25, -0.2) is 9.59 Å². The van der Waals surface area contributed by atoms with Gasteiger partial charge in [0.25, 0.3) is 5.91 Å². The van der Waals surface area contributed by atoms with Crippen LogP contribution in [-0.4, -0.2) is 31.6 Å². The molecule has 1 amide bonds. The number of thiophene rings is 1. The quantitative estimate of drug-likeness (QED) is 0.730. The van der Waals surface area contributed by atoms with Crippen molar-refractivity contribution < 1.29 is 23.9 Å². The lowest BCUT2D eigenvalue weighted by atomic mass is 10.1. The fraction of sp³-hybridized carbons (Fsp3) is 0.235. The predicted molar refractivity (Wildman–Crippen MR) is 98.4 cm³/mol. The van der Waals surface area contributed by atoms with Crippen LogP contribution < -0.4 is 5.32 Å². The van der Waals surface area contributed by atoms with E-state index in [-0.39, 0.29) is 22.0 Å². The zero-order valence-electron chi connectivity index (χ0n) is 13.8. The van der Waals surface area contributed by atoms with E-state index < -0.39 is 17.8 Å². The van der Waals surface area contributed by atoms with Crippen LogP contribution in [0.25, 0.3) is 0 Å². The van der Waals surface area contributed by atoms with Crippen molar-refractivity contribution in [3.8, 4) is 0 Å². The highest BCUT2D eigenvalue weighted by Crippen LogP contribution is 2.34. The number of anilines is 1. The van der Waals surface area contributed by atoms with Crippen molar-refractivity contribution in [2.24, 2.45) is 0 Å². The molecule has 0 aliphatic heterocycles. The van der Waals surface area contributed by atoms with Gasteiger partial charge in [-0.3, -0.25) is 4.79 Å². The molecule has 132 valence electrons. The van der Waals surface area contributed by atoms with Crippen molar-refractivity contribution in [1.82, 2.24) is 0 Å². The second kappa shape index (κ2) is 8.26. The molecule has 2 aromatic rings. The number of carbonyl (C=O) groups is 3. The summed E-state index contributed by atoms with van der Waals surface area (Å²) in [5.74, 6) is -1.58. The summed E-state index contributed by atoms with van der Waals surface area (Å²) in [6.45, 7) is 3.47. The molecule has 0 aliphatic carbocycles. The summed E-state index contributed by atoms with van der Waals surface area (Å²) in [4.78, 5) is 36.9. The van der Waals surface area contributed by atoms with Gasteiger partial charge in [0.05, 0.1) is 24.8 Å². The van der Waals surface area contributed by atoms with Crippen LogP contribution in [-0.2, 0) is 9.47 Å². The third kappa shape index (κ3) is 4.08. The third-order valence-electron chi connectivity index (χ3n) is 3.34. The van der Waals surface area contributed by atoms with Crippen LogP contribution >= 0.6 is 27.3 Å². The Morgan fingerprint density at radius 3 is 2.48 bits per heavy atom. The van der Waals surface area contributed by atoms with Gasteiger partial charge in [-0.1, -0.05) is 12.1 Å². The van der Waals surface area contributed by atoms with Gasteiger partial charge in [0.1, 0.15) is 9.88 Å². The molecule has 0 fully saturated rings. The number of hydrogen-bond donors (Lipinski definition) is 1. The van der Waals surface area contributed by atoms with Gasteiger partial charge < -0.3 is 14.8 Å². The molecular formula is C17H16BrNO5S. The summed E-state index contributed by atoms with van der Waals surface area (Å²) in [6, 6.07) is 6.90. The highest BCUT2D eigenvalue weighted by molar-refractivity contribution is 9.10. The predicted octanol–water partition coefficient (Wildman–Crippen LogP) is 4.03. The number of nitrogens with one attached hydrogen (secondary N) is 1. The van der Waals surface area contributed by atoms with Crippen molar-refractivity contribution >= 4 is 50.1 Å². The Morgan fingerprint density at radius 2 is 1.88 bits per heavy atom. The maximum absolute atomic E-state index is 12.5. The molecule has 0 aliphatic rings. The van der Waals surface area contributed by atoms with Crippen molar-refractivity contribution in [3.05, 3.63) is 50.3 Å². The minimum absolute atomic E-state index is 0.160. The van der Waals surface area contributed by atoms with E-state index in [1.165, 1.54) is 7.11 Å². The summed E-state index contributed by atoms with van der Waals surface area (Å²) in [7, 11) is 1.25. The van der Waals surface area contributed by atoms with Crippen molar-refractivity contribution in [3.63, 3.8) is 0 Å². The van der Waals surface area contributed by atoms with Gasteiger partial charge in [-0.15, -0.1) is 11.3 Å². The number of rotatable bonds is 5. The smallest absolute Gasteiger partial charge is 0.348 e. The highest BCUT2D eigenvalue weighted by Gasteiger charge is 2.27. The highest BCUT2D eigenvalue weighted by atomic mass is 79.9. The van der Waals surface area contributed by atoms with Crippen LogP contribution in [0.3, 0.4) is 0 Å². The van der Waals surface area contributed by atoms with E-state index in [1.54, 1.807) is 38.1 Å². The van der Waals surface area contributed by atoms with Crippen molar-refractivity contribution in [2.75, 3.05) is 19.0 Å². The number of esters is 2. The first-order valence-electron chi connectivity index (χ1n) is 7.35. The minimum atomic E-state index is -0.603. The molecule has 0 saturated carbocycles. The lowest BCUT2D eigenvalue weighted by Crippen LogP contribution is -2.15. The van der Waals surface area contributed by atoms with E-state index in [2.05, 4.69) is 21.2 Å². The summed E-state index contributed by atoms with van der Waals surface area (Å²) in [6.07, 6.45) is 0. The summed E-state index contributed by atoms with van der Waals surface area (Å²) < 4.78 is 10.4. The number of halogens is 1. The number of ether oxygens (including phenoxy) is 2. The second-order valence-electron chi connectivity index (χ2n) is 4.91. The lowest BCUT2D eigenvalue weighted by Gasteiger charge is -2.08. The van der Waals surface area contributed by atoms with Gasteiger partial charge in [0, 0.05) is 4.47 Å². The maximum atomic E-state index is 12.5. The molecule has 0 atom stereocenters.